The molecule has 4 N–H and O–H groups in total. The average molecular weight is 699 g/mol. The minimum Gasteiger partial charge on any atom is -0.364 e. The minimum absolute atomic E-state index is 0.143. The Hall–Kier alpha value is -5.35. The van der Waals surface area contributed by atoms with E-state index in [-0.39, 0.29) is 23.6 Å². The van der Waals surface area contributed by atoms with E-state index in [1.54, 1.807) is 21.9 Å². The van der Waals surface area contributed by atoms with E-state index < -0.39 is 47.3 Å². The van der Waals surface area contributed by atoms with Crippen LogP contribution in [0, 0.1) is 0 Å². The minimum atomic E-state index is -0.881. The van der Waals surface area contributed by atoms with E-state index in [0.717, 1.165) is 33.6 Å². The number of fused-ring (bicyclic) bond motifs is 11. The van der Waals surface area contributed by atoms with Crippen molar-refractivity contribution in [3.63, 3.8) is 0 Å². The maximum Gasteiger partial charge on any atom is 0.247 e. The molecule has 0 aromatic heterocycles. The number of rotatable bonds is 5. The molecule has 6 heterocycles. The number of hydrogen-bond acceptors (Lipinski definition) is 6. The number of anilines is 2. The molecule has 8 atom stereocenters. The topological polar surface area (TPSA) is 123 Å². The maximum atomic E-state index is 14.7. The highest BCUT2D eigenvalue weighted by molar-refractivity contribution is 6.30. The lowest BCUT2D eigenvalue weighted by molar-refractivity contribution is -0.149. The van der Waals surface area contributed by atoms with Crippen LogP contribution in [0.15, 0.2) is 103 Å². The van der Waals surface area contributed by atoms with Gasteiger partial charge in [0.1, 0.15) is 36.5 Å². The van der Waals surface area contributed by atoms with Crippen LogP contribution in [0.25, 0.3) is 0 Å². The highest BCUT2D eigenvalue weighted by Crippen LogP contribution is 2.68. The predicted octanol–water partition coefficient (Wildman–Crippen LogP) is 3.70. The first-order chi connectivity index (χ1) is 24.8. The molecule has 8 unspecified atom stereocenters. The van der Waals surface area contributed by atoms with Gasteiger partial charge in [0.25, 0.3) is 0 Å². The zero-order valence-electron chi connectivity index (χ0n) is 27.5. The Bertz CT molecular complexity index is 2150. The lowest BCUT2D eigenvalue weighted by Crippen LogP contribution is -2.67. The van der Waals surface area contributed by atoms with Crippen LogP contribution in [0.3, 0.4) is 0 Å². The summed E-state index contributed by atoms with van der Waals surface area (Å²) in [7, 11) is 0. The van der Waals surface area contributed by atoms with Crippen molar-refractivity contribution in [1.29, 1.82) is 0 Å². The smallest absolute Gasteiger partial charge is 0.247 e. The van der Waals surface area contributed by atoms with Crippen LogP contribution in [0.5, 0.6) is 0 Å². The SMILES string of the molecule is O=C1NC(Cc2ccccc2)C(=O)N2C1CC1(C34CC5C(=O)NC(Cc6ccc(Cl)cc6)C(=O)N5C3Nc3ccccc34)c3ccccc3NC21. The molecule has 4 aromatic rings. The quantitative estimate of drug-likeness (QED) is 0.252. The van der Waals surface area contributed by atoms with Gasteiger partial charge in [-0.2, -0.15) is 0 Å². The molecule has 10 rings (SSSR count). The molecule has 11 heteroatoms. The second-order valence-electron chi connectivity index (χ2n) is 14.7. The molecule has 4 fully saturated rings. The lowest BCUT2D eigenvalue weighted by atomic mass is 9.54. The molecule has 10 nitrogen and oxygen atoms in total. The largest absolute Gasteiger partial charge is 0.364 e. The van der Waals surface area contributed by atoms with Crippen molar-refractivity contribution in [3.05, 3.63) is 130 Å². The van der Waals surface area contributed by atoms with Gasteiger partial charge in [0, 0.05) is 29.2 Å². The molecule has 0 radical (unpaired) electrons. The zero-order chi connectivity index (χ0) is 34.6. The van der Waals surface area contributed by atoms with Gasteiger partial charge in [0.15, 0.2) is 0 Å². The van der Waals surface area contributed by atoms with Crippen molar-refractivity contribution in [3.8, 4) is 0 Å². The van der Waals surface area contributed by atoms with Gasteiger partial charge in [-0.3, -0.25) is 19.2 Å². The number of hydrogen-bond donors (Lipinski definition) is 4. The summed E-state index contributed by atoms with van der Waals surface area (Å²) in [4.78, 5) is 61.2. The van der Waals surface area contributed by atoms with Crippen LogP contribution in [-0.2, 0) is 42.8 Å². The molecule has 6 aliphatic rings. The van der Waals surface area contributed by atoms with Crippen LogP contribution in [-0.4, -0.2) is 69.9 Å². The van der Waals surface area contributed by atoms with Gasteiger partial charge in [-0.25, -0.2) is 0 Å². The fourth-order valence-electron chi connectivity index (χ4n) is 10.4. The highest BCUT2D eigenvalue weighted by Gasteiger charge is 2.78. The molecule has 0 spiro atoms. The summed E-state index contributed by atoms with van der Waals surface area (Å²) >= 11 is 6.14. The Morgan fingerprint density at radius 1 is 0.549 bits per heavy atom. The number of amides is 4. The van der Waals surface area contributed by atoms with Gasteiger partial charge < -0.3 is 31.1 Å². The fraction of sp³-hybridized carbons (Fsp3) is 0.300. The molecular weight excluding hydrogens is 664 g/mol. The Balaban J connectivity index is 1.12. The van der Waals surface area contributed by atoms with E-state index >= 15 is 0 Å². The first kappa shape index (κ1) is 30.5. The number of para-hydroxylation sites is 2. The maximum absolute atomic E-state index is 14.7. The third-order valence-electron chi connectivity index (χ3n) is 12.4. The van der Waals surface area contributed by atoms with Crippen LogP contribution >= 0.6 is 11.6 Å². The summed E-state index contributed by atoms with van der Waals surface area (Å²) in [6, 6.07) is 30.2. The standard InChI is InChI=1S/C40H35ClN6O4/c41-24-16-14-23(15-17-24)19-30-36(51)47-32(34(49)43-30)21-40(26-11-5-7-13-28(26)45-38(40)47)39-20-31-33(48)42-29(18-22-8-2-1-3-9-22)35(50)46(31)37(39)44-27-12-6-4-10-25(27)39/h1-17,29-32,37-38,44-45H,18-21H2,(H,42,48)(H,43,49). The summed E-state index contributed by atoms with van der Waals surface area (Å²) in [5.41, 5.74) is 3.83. The second kappa shape index (κ2) is 10.8. The third-order valence-corrected chi connectivity index (χ3v) is 12.6. The van der Waals surface area contributed by atoms with Gasteiger partial charge >= 0.3 is 0 Å². The first-order valence-electron chi connectivity index (χ1n) is 17.6. The number of benzene rings is 4. The molecule has 6 aliphatic heterocycles. The predicted molar refractivity (Wildman–Crippen MR) is 191 cm³/mol. The van der Waals surface area contributed by atoms with E-state index in [4.69, 9.17) is 11.6 Å². The molecule has 4 saturated heterocycles. The number of carbonyl (C=O) groups is 4. The molecule has 51 heavy (non-hydrogen) atoms. The Morgan fingerprint density at radius 2 is 0.980 bits per heavy atom. The summed E-state index contributed by atoms with van der Waals surface area (Å²) in [5.74, 6) is -0.707. The third kappa shape index (κ3) is 4.05. The Morgan fingerprint density at radius 3 is 1.47 bits per heavy atom. The summed E-state index contributed by atoms with van der Waals surface area (Å²) in [6.07, 6.45) is 0.137. The molecule has 256 valence electrons. The number of piperazine rings is 2. The molecular formula is C40H35ClN6O4. The van der Waals surface area contributed by atoms with Gasteiger partial charge in [0.05, 0.1) is 10.8 Å². The van der Waals surface area contributed by atoms with E-state index in [9.17, 15) is 19.2 Å². The molecule has 4 amide bonds. The van der Waals surface area contributed by atoms with Gasteiger partial charge in [0.2, 0.25) is 23.6 Å². The number of carbonyl (C=O) groups excluding carboxylic acids is 4. The summed E-state index contributed by atoms with van der Waals surface area (Å²) in [6.45, 7) is 0. The first-order valence-corrected chi connectivity index (χ1v) is 17.9. The summed E-state index contributed by atoms with van der Waals surface area (Å²) < 4.78 is 0. The molecule has 0 bridgehead atoms. The van der Waals surface area contributed by atoms with Crippen molar-refractivity contribution in [2.75, 3.05) is 10.6 Å². The highest BCUT2D eigenvalue weighted by atomic mass is 35.5. The van der Waals surface area contributed by atoms with Crippen LogP contribution in [0.1, 0.15) is 35.1 Å². The van der Waals surface area contributed by atoms with Crippen LogP contribution < -0.4 is 21.3 Å². The molecule has 4 aromatic carbocycles. The second-order valence-corrected chi connectivity index (χ2v) is 15.1. The van der Waals surface area contributed by atoms with E-state index in [0.29, 0.717) is 30.7 Å². The monoisotopic (exact) mass is 698 g/mol. The van der Waals surface area contributed by atoms with Crippen LogP contribution in [0.2, 0.25) is 5.02 Å². The fourth-order valence-corrected chi connectivity index (χ4v) is 10.5. The van der Waals surface area contributed by atoms with Crippen molar-refractivity contribution in [2.24, 2.45) is 0 Å². The van der Waals surface area contributed by atoms with Crippen molar-refractivity contribution in [1.82, 2.24) is 20.4 Å². The van der Waals surface area contributed by atoms with Crippen molar-refractivity contribution >= 4 is 46.6 Å². The normalized spacial score (nSPS) is 32.5. The zero-order valence-corrected chi connectivity index (χ0v) is 28.3. The Labute approximate surface area is 299 Å². The Kier molecular flexibility index (Phi) is 6.47. The number of halogens is 1. The van der Waals surface area contributed by atoms with E-state index in [2.05, 4.69) is 33.4 Å². The van der Waals surface area contributed by atoms with Crippen molar-refractivity contribution < 1.29 is 19.2 Å². The van der Waals surface area contributed by atoms with Gasteiger partial charge in [-0.15, -0.1) is 0 Å². The van der Waals surface area contributed by atoms with Crippen molar-refractivity contribution in [2.45, 2.75) is 73.0 Å². The average Bonchev–Trinajstić information content (AvgIpc) is 3.85. The van der Waals surface area contributed by atoms with Crippen LogP contribution in [0.4, 0.5) is 11.4 Å². The van der Waals surface area contributed by atoms with E-state index in [1.165, 1.54) is 0 Å². The number of nitrogens with one attached hydrogen (secondary N) is 4. The molecule has 0 aliphatic carbocycles. The lowest BCUT2D eigenvalue weighted by Gasteiger charge is -2.48. The van der Waals surface area contributed by atoms with Gasteiger partial charge in [-0.05, 0) is 59.4 Å². The van der Waals surface area contributed by atoms with E-state index in [1.807, 2.05) is 78.9 Å². The van der Waals surface area contributed by atoms with Gasteiger partial charge in [-0.1, -0.05) is 90.5 Å². The molecule has 0 saturated carbocycles. The summed E-state index contributed by atoms with van der Waals surface area (Å²) in [5, 5.41) is 14.2. The number of nitrogens with zero attached hydrogens (tertiary/aromatic N) is 2.